The van der Waals surface area contributed by atoms with Crippen molar-refractivity contribution in [1.82, 2.24) is 5.32 Å². The molecule has 0 bridgehead atoms. The van der Waals surface area contributed by atoms with Crippen LogP contribution in [0.3, 0.4) is 0 Å². The highest BCUT2D eigenvalue weighted by Gasteiger charge is 2.19. The zero-order valence-corrected chi connectivity index (χ0v) is 17.4. The minimum atomic E-state index is -0.590. The Morgan fingerprint density at radius 3 is 2.44 bits per heavy atom. The number of thiocarbonyl (C=S) groups is 1. The van der Waals surface area contributed by atoms with E-state index in [0.717, 1.165) is 21.3 Å². The molecule has 0 aliphatic heterocycles. The number of nitro benzene ring substituents is 1. The van der Waals surface area contributed by atoms with Gasteiger partial charge in [0, 0.05) is 21.8 Å². The molecular formula is C18H18BrN3O4S. The highest BCUT2D eigenvalue weighted by atomic mass is 79.9. The largest absolute Gasteiger partial charge is 0.487 e. The standard InChI is InChI=1S/C18H18BrN3O4S/c1-4-26-15-6-5-12(9-14(15)22(24)25)17(23)21-18(27)20-16-10(2)7-13(19)8-11(16)3/h5-9H,4H2,1-3H3,(H2,20,21,23,27). The third kappa shape index (κ3) is 5.24. The molecular weight excluding hydrogens is 434 g/mol. The number of aryl methyl sites for hydroxylation is 2. The summed E-state index contributed by atoms with van der Waals surface area (Å²) >= 11 is 8.63. The molecule has 0 aromatic heterocycles. The first-order chi connectivity index (χ1) is 12.7. The maximum absolute atomic E-state index is 12.4. The Morgan fingerprint density at radius 2 is 1.89 bits per heavy atom. The molecule has 0 radical (unpaired) electrons. The maximum Gasteiger partial charge on any atom is 0.311 e. The van der Waals surface area contributed by atoms with Crippen LogP contribution in [0.4, 0.5) is 11.4 Å². The van der Waals surface area contributed by atoms with Crippen LogP contribution in [0.5, 0.6) is 5.75 Å². The van der Waals surface area contributed by atoms with Crippen molar-refractivity contribution in [2.24, 2.45) is 0 Å². The van der Waals surface area contributed by atoms with Gasteiger partial charge in [-0.05, 0) is 68.4 Å². The van der Waals surface area contributed by atoms with E-state index in [1.807, 2.05) is 26.0 Å². The van der Waals surface area contributed by atoms with Crippen LogP contribution < -0.4 is 15.4 Å². The predicted octanol–water partition coefficient (Wildman–Crippen LogP) is 4.50. The number of anilines is 1. The molecule has 142 valence electrons. The van der Waals surface area contributed by atoms with E-state index in [2.05, 4.69) is 26.6 Å². The summed E-state index contributed by atoms with van der Waals surface area (Å²) in [5.41, 5.74) is 2.54. The molecule has 27 heavy (non-hydrogen) atoms. The summed E-state index contributed by atoms with van der Waals surface area (Å²) in [4.78, 5) is 23.0. The zero-order chi connectivity index (χ0) is 20.1. The van der Waals surface area contributed by atoms with Crippen LogP contribution in [0.1, 0.15) is 28.4 Å². The molecule has 0 unspecified atom stereocenters. The molecule has 2 aromatic carbocycles. The van der Waals surface area contributed by atoms with E-state index in [-0.39, 0.29) is 28.7 Å². The smallest absolute Gasteiger partial charge is 0.311 e. The highest BCUT2D eigenvalue weighted by molar-refractivity contribution is 9.10. The van der Waals surface area contributed by atoms with E-state index < -0.39 is 10.8 Å². The third-order valence-corrected chi connectivity index (χ3v) is 4.34. The molecule has 0 saturated carbocycles. The van der Waals surface area contributed by atoms with Gasteiger partial charge in [-0.2, -0.15) is 0 Å². The first-order valence-corrected chi connectivity index (χ1v) is 9.23. The number of amides is 1. The maximum atomic E-state index is 12.4. The summed E-state index contributed by atoms with van der Waals surface area (Å²) in [6.07, 6.45) is 0. The van der Waals surface area contributed by atoms with E-state index in [9.17, 15) is 14.9 Å². The van der Waals surface area contributed by atoms with Crippen LogP contribution in [-0.2, 0) is 0 Å². The van der Waals surface area contributed by atoms with Crippen molar-refractivity contribution >= 4 is 50.5 Å². The quantitative estimate of drug-likeness (QED) is 0.394. The van der Waals surface area contributed by atoms with Crippen molar-refractivity contribution in [3.8, 4) is 5.75 Å². The summed E-state index contributed by atoms with van der Waals surface area (Å²) in [6, 6.07) is 7.87. The Bertz CT molecular complexity index is 894. The summed E-state index contributed by atoms with van der Waals surface area (Å²) < 4.78 is 6.16. The predicted molar refractivity (Wildman–Crippen MR) is 112 cm³/mol. The number of hydrogen-bond donors (Lipinski definition) is 2. The van der Waals surface area contributed by atoms with Crippen LogP contribution in [0.2, 0.25) is 0 Å². The van der Waals surface area contributed by atoms with Crippen molar-refractivity contribution in [3.05, 3.63) is 61.6 Å². The number of nitrogens with one attached hydrogen (secondary N) is 2. The Kier molecular flexibility index (Phi) is 6.86. The molecule has 0 heterocycles. The zero-order valence-electron chi connectivity index (χ0n) is 15.0. The molecule has 2 N–H and O–H groups in total. The lowest BCUT2D eigenvalue weighted by atomic mass is 10.1. The lowest BCUT2D eigenvalue weighted by Gasteiger charge is -2.15. The summed E-state index contributed by atoms with van der Waals surface area (Å²) in [6.45, 7) is 5.84. The van der Waals surface area contributed by atoms with E-state index in [1.165, 1.54) is 18.2 Å². The number of nitro groups is 1. The van der Waals surface area contributed by atoms with Crippen molar-refractivity contribution in [2.75, 3.05) is 11.9 Å². The fourth-order valence-electron chi connectivity index (χ4n) is 2.51. The molecule has 2 rings (SSSR count). The Morgan fingerprint density at radius 1 is 1.26 bits per heavy atom. The number of nitrogens with zero attached hydrogens (tertiary/aromatic N) is 1. The summed E-state index contributed by atoms with van der Waals surface area (Å²) in [5.74, 6) is -0.438. The highest BCUT2D eigenvalue weighted by Crippen LogP contribution is 2.28. The monoisotopic (exact) mass is 451 g/mol. The van der Waals surface area contributed by atoms with Crippen LogP contribution in [-0.4, -0.2) is 22.5 Å². The molecule has 0 spiro atoms. The summed E-state index contributed by atoms with van der Waals surface area (Å²) in [5, 5.41) is 16.8. The molecule has 1 amide bonds. The number of hydrogen-bond acceptors (Lipinski definition) is 5. The molecule has 2 aromatic rings. The minimum Gasteiger partial charge on any atom is -0.487 e. The Hall–Kier alpha value is -2.52. The first-order valence-electron chi connectivity index (χ1n) is 8.03. The van der Waals surface area contributed by atoms with Crippen LogP contribution in [0, 0.1) is 24.0 Å². The Labute approximate surface area is 170 Å². The topological polar surface area (TPSA) is 93.5 Å². The SMILES string of the molecule is CCOc1ccc(C(=O)NC(=S)Nc2c(C)cc(Br)cc2C)cc1[N+](=O)[O-]. The van der Waals surface area contributed by atoms with Gasteiger partial charge >= 0.3 is 5.69 Å². The third-order valence-electron chi connectivity index (χ3n) is 3.68. The normalized spacial score (nSPS) is 10.2. The molecule has 7 nitrogen and oxygen atoms in total. The van der Waals surface area contributed by atoms with Crippen LogP contribution in [0.15, 0.2) is 34.8 Å². The Balaban J connectivity index is 2.16. The van der Waals surface area contributed by atoms with Crippen molar-refractivity contribution in [2.45, 2.75) is 20.8 Å². The van der Waals surface area contributed by atoms with Gasteiger partial charge in [0.05, 0.1) is 11.5 Å². The number of carbonyl (C=O) groups excluding carboxylic acids is 1. The molecule has 0 aliphatic rings. The van der Waals surface area contributed by atoms with Gasteiger partial charge in [-0.3, -0.25) is 20.2 Å². The van der Waals surface area contributed by atoms with E-state index >= 15 is 0 Å². The molecule has 0 fully saturated rings. The van der Waals surface area contributed by atoms with Crippen molar-refractivity contribution < 1.29 is 14.5 Å². The van der Waals surface area contributed by atoms with Gasteiger partial charge in [-0.25, -0.2) is 0 Å². The van der Waals surface area contributed by atoms with Crippen LogP contribution in [0.25, 0.3) is 0 Å². The van der Waals surface area contributed by atoms with Gasteiger partial charge in [0.15, 0.2) is 10.9 Å². The molecule has 0 aliphatic carbocycles. The van der Waals surface area contributed by atoms with Crippen molar-refractivity contribution in [3.63, 3.8) is 0 Å². The molecule has 9 heteroatoms. The lowest BCUT2D eigenvalue weighted by molar-refractivity contribution is -0.385. The van der Waals surface area contributed by atoms with Crippen LogP contribution >= 0.6 is 28.1 Å². The fourth-order valence-corrected chi connectivity index (χ4v) is 3.39. The number of benzene rings is 2. The second-order valence-corrected chi connectivity index (χ2v) is 7.02. The number of halogens is 1. The first kappa shape index (κ1) is 20.8. The minimum absolute atomic E-state index is 0.102. The van der Waals surface area contributed by atoms with E-state index in [1.54, 1.807) is 6.92 Å². The number of rotatable bonds is 5. The van der Waals surface area contributed by atoms with Gasteiger partial charge < -0.3 is 10.1 Å². The van der Waals surface area contributed by atoms with Gasteiger partial charge in [0.2, 0.25) is 0 Å². The van der Waals surface area contributed by atoms with Gasteiger partial charge in [-0.15, -0.1) is 0 Å². The van der Waals surface area contributed by atoms with Gasteiger partial charge in [0.1, 0.15) is 0 Å². The number of ether oxygens (including phenoxy) is 1. The van der Waals surface area contributed by atoms with E-state index in [4.69, 9.17) is 17.0 Å². The second-order valence-electron chi connectivity index (χ2n) is 5.70. The summed E-state index contributed by atoms with van der Waals surface area (Å²) in [7, 11) is 0. The van der Waals surface area contributed by atoms with E-state index in [0.29, 0.717) is 0 Å². The molecule has 0 atom stereocenters. The van der Waals surface area contributed by atoms with Gasteiger partial charge in [0.25, 0.3) is 5.91 Å². The average molecular weight is 452 g/mol. The number of carbonyl (C=O) groups is 1. The second kappa shape index (κ2) is 8.92. The van der Waals surface area contributed by atoms with Gasteiger partial charge in [-0.1, -0.05) is 15.9 Å². The average Bonchev–Trinajstić information content (AvgIpc) is 2.58. The fraction of sp³-hybridized carbons (Fsp3) is 0.222. The lowest BCUT2D eigenvalue weighted by Crippen LogP contribution is -2.34. The van der Waals surface area contributed by atoms with Crippen molar-refractivity contribution in [1.29, 1.82) is 0 Å². The molecule has 0 saturated heterocycles.